The number of nitrogens with one attached hydrogen (secondary N) is 1. The summed E-state index contributed by atoms with van der Waals surface area (Å²) in [7, 11) is 0. The lowest BCUT2D eigenvalue weighted by Crippen LogP contribution is -2.28. The van der Waals surface area contributed by atoms with E-state index in [1.807, 2.05) is 0 Å². The molecule has 6 nitrogen and oxygen atoms in total. The number of amides is 1. The highest BCUT2D eigenvalue weighted by atomic mass is 16.5. The third kappa shape index (κ3) is 5.51. The first-order chi connectivity index (χ1) is 9.38. The largest absolute Gasteiger partial charge is 0.456 e. The van der Waals surface area contributed by atoms with E-state index in [0.717, 1.165) is 0 Å². The zero-order chi connectivity index (χ0) is 15.1. The van der Waals surface area contributed by atoms with Gasteiger partial charge in [-0.1, -0.05) is 12.1 Å². The van der Waals surface area contributed by atoms with E-state index < -0.39 is 18.0 Å². The van der Waals surface area contributed by atoms with Gasteiger partial charge in [0, 0.05) is 20.8 Å². The third-order valence-electron chi connectivity index (χ3n) is 2.34. The van der Waals surface area contributed by atoms with Crippen molar-refractivity contribution in [1.82, 2.24) is 5.32 Å². The van der Waals surface area contributed by atoms with Crippen molar-refractivity contribution < 1.29 is 23.9 Å². The highest BCUT2D eigenvalue weighted by molar-refractivity contribution is 5.73. The van der Waals surface area contributed by atoms with Crippen molar-refractivity contribution in [3.8, 4) is 5.75 Å². The molecule has 0 unspecified atom stereocenters. The molecule has 0 aliphatic carbocycles. The molecule has 1 aromatic rings. The first kappa shape index (κ1) is 15.7. The number of rotatable bonds is 5. The van der Waals surface area contributed by atoms with Gasteiger partial charge in [0.15, 0.2) is 0 Å². The van der Waals surface area contributed by atoms with Crippen LogP contribution in [-0.4, -0.2) is 24.4 Å². The number of hydrogen-bond donors (Lipinski definition) is 1. The van der Waals surface area contributed by atoms with Gasteiger partial charge in [-0.25, -0.2) is 0 Å². The molecule has 1 aromatic carbocycles. The Labute approximate surface area is 117 Å². The van der Waals surface area contributed by atoms with E-state index in [2.05, 4.69) is 5.32 Å². The van der Waals surface area contributed by atoms with Gasteiger partial charge in [0.2, 0.25) is 5.91 Å². The standard InChI is InChI=1S/C14H17NO5/c1-9(16)15-8-14(20-11(3)18)12-5-4-6-13(7-12)19-10(2)17/h4-7,14H,8H2,1-3H3,(H,15,16)/t14-/m0/s1. The van der Waals surface area contributed by atoms with E-state index in [1.54, 1.807) is 24.3 Å². The SMILES string of the molecule is CC(=O)NC[C@H](OC(C)=O)c1cccc(OC(C)=O)c1. The molecule has 0 spiro atoms. The van der Waals surface area contributed by atoms with Crippen LogP contribution in [0.2, 0.25) is 0 Å². The van der Waals surface area contributed by atoms with Crippen LogP contribution in [0.1, 0.15) is 32.4 Å². The molecule has 0 saturated carbocycles. The average Bonchev–Trinajstić information content (AvgIpc) is 2.33. The molecular weight excluding hydrogens is 262 g/mol. The van der Waals surface area contributed by atoms with Crippen molar-refractivity contribution in [3.63, 3.8) is 0 Å². The minimum atomic E-state index is -0.632. The molecule has 0 bridgehead atoms. The summed E-state index contributed by atoms with van der Waals surface area (Å²) in [6.07, 6.45) is -0.632. The van der Waals surface area contributed by atoms with Crippen molar-refractivity contribution in [2.45, 2.75) is 26.9 Å². The number of ether oxygens (including phenoxy) is 2. The van der Waals surface area contributed by atoms with Crippen LogP contribution in [0.25, 0.3) is 0 Å². The molecule has 0 aromatic heterocycles. The van der Waals surface area contributed by atoms with Crippen LogP contribution in [0, 0.1) is 0 Å². The molecule has 0 aliphatic heterocycles. The molecule has 1 amide bonds. The Morgan fingerprint density at radius 2 is 1.85 bits per heavy atom. The van der Waals surface area contributed by atoms with Crippen molar-refractivity contribution in [2.75, 3.05) is 6.54 Å². The van der Waals surface area contributed by atoms with Gasteiger partial charge in [-0.3, -0.25) is 14.4 Å². The van der Waals surface area contributed by atoms with Gasteiger partial charge in [-0.05, 0) is 17.7 Å². The van der Waals surface area contributed by atoms with E-state index in [4.69, 9.17) is 9.47 Å². The van der Waals surface area contributed by atoms with Crippen molar-refractivity contribution in [3.05, 3.63) is 29.8 Å². The van der Waals surface area contributed by atoms with Crippen molar-refractivity contribution in [2.24, 2.45) is 0 Å². The molecule has 0 radical (unpaired) electrons. The lowest BCUT2D eigenvalue weighted by atomic mass is 10.1. The fourth-order valence-electron chi connectivity index (χ4n) is 1.61. The molecule has 0 saturated heterocycles. The summed E-state index contributed by atoms with van der Waals surface area (Å²) in [6.45, 7) is 4.11. The van der Waals surface area contributed by atoms with E-state index >= 15 is 0 Å². The number of carbonyl (C=O) groups excluding carboxylic acids is 3. The Morgan fingerprint density at radius 1 is 1.15 bits per heavy atom. The minimum absolute atomic E-state index is 0.151. The van der Waals surface area contributed by atoms with Crippen LogP contribution in [-0.2, 0) is 19.1 Å². The fraction of sp³-hybridized carbons (Fsp3) is 0.357. The lowest BCUT2D eigenvalue weighted by molar-refractivity contribution is -0.147. The van der Waals surface area contributed by atoms with Crippen LogP contribution < -0.4 is 10.1 Å². The Morgan fingerprint density at radius 3 is 2.40 bits per heavy atom. The Balaban J connectivity index is 2.90. The predicted molar refractivity (Wildman–Crippen MR) is 70.9 cm³/mol. The third-order valence-corrected chi connectivity index (χ3v) is 2.34. The second-order valence-electron chi connectivity index (χ2n) is 4.20. The summed E-state index contributed by atoms with van der Waals surface area (Å²) in [6, 6.07) is 6.62. The molecule has 1 N–H and O–H groups in total. The number of carbonyl (C=O) groups is 3. The van der Waals surface area contributed by atoms with Gasteiger partial charge < -0.3 is 14.8 Å². The monoisotopic (exact) mass is 279 g/mol. The quantitative estimate of drug-likeness (QED) is 0.650. The summed E-state index contributed by atoms with van der Waals surface area (Å²) >= 11 is 0. The molecule has 20 heavy (non-hydrogen) atoms. The van der Waals surface area contributed by atoms with E-state index in [1.165, 1.54) is 20.8 Å². The highest BCUT2D eigenvalue weighted by Crippen LogP contribution is 2.22. The van der Waals surface area contributed by atoms with Gasteiger partial charge in [-0.15, -0.1) is 0 Å². The summed E-state index contributed by atoms with van der Waals surface area (Å²) < 4.78 is 10.1. The first-order valence-corrected chi connectivity index (χ1v) is 6.08. The first-order valence-electron chi connectivity index (χ1n) is 6.08. The molecule has 0 heterocycles. The van der Waals surface area contributed by atoms with Crippen LogP contribution in [0.15, 0.2) is 24.3 Å². The van der Waals surface area contributed by atoms with E-state index in [9.17, 15) is 14.4 Å². The molecule has 1 atom stereocenters. The van der Waals surface area contributed by atoms with Gasteiger partial charge in [0.1, 0.15) is 11.9 Å². The molecule has 6 heteroatoms. The number of benzene rings is 1. The summed E-state index contributed by atoms with van der Waals surface area (Å²) in [5.41, 5.74) is 0.632. The van der Waals surface area contributed by atoms with Gasteiger partial charge >= 0.3 is 11.9 Å². The maximum Gasteiger partial charge on any atom is 0.308 e. The summed E-state index contributed by atoms with van der Waals surface area (Å²) in [5.74, 6) is -0.764. The van der Waals surface area contributed by atoms with Crippen LogP contribution in [0.5, 0.6) is 5.75 Å². The molecule has 0 aliphatic rings. The van der Waals surface area contributed by atoms with E-state index in [0.29, 0.717) is 11.3 Å². The normalized spacial score (nSPS) is 11.3. The number of hydrogen-bond acceptors (Lipinski definition) is 5. The fourth-order valence-corrected chi connectivity index (χ4v) is 1.61. The van der Waals surface area contributed by atoms with Crippen LogP contribution in [0.3, 0.4) is 0 Å². The Kier molecular flexibility index (Phi) is 5.71. The maximum atomic E-state index is 11.1. The van der Waals surface area contributed by atoms with Crippen LogP contribution in [0.4, 0.5) is 0 Å². The van der Waals surface area contributed by atoms with Gasteiger partial charge in [0.05, 0.1) is 6.54 Å². The molecule has 108 valence electrons. The zero-order valence-corrected chi connectivity index (χ0v) is 11.6. The van der Waals surface area contributed by atoms with Crippen molar-refractivity contribution in [1.29, 1.82) is 0 Å². The second-order valence-corrected chi connectivity index (χ2v) is 4.20. The van der Waals surface area contributed by atoms with Crippen LogP contribution >= 0.6 is 0 Å². The van der Waals surface area contributed by atoms with E-state index in [-0.39, 0.29) is 12.5 Å². The second kappa shape index (κ2) is 7.28. The molecule has 1 rings (SSSR count). The van der Waals surface area contributed by atoms with Gasteiger partial charge in [0.25, 0.3) is 0 Å². The lowest BCUT2D eigenvalue weighted by Gasteiger charge is -2.18. The topological polar surface area (TPSA) is 81.7 Å². The summed E-state index contributed by atoms with van der Waals surface area (Å²) in [4.78, 5) is 33.0. The van der Waals surface area contributed by atoms with Gasteiger partial charge in [-0.2, -0.15) is 0 Å². The zero-order valence-electron chi connectivity index (χ0n) is 11.6. The minimum Gasteiger partial charge on any atom is -0.456 e. The average molecular weight is 279 g/mol. The Hall–Kier alpha value is -2.37. The smallest absolute Gasteiger partial charge is 0.308 e. The van der Waals surface area contributed by atoms with Crippen molar-refractivity contribution >= 4 is 17.8 Å². The highest BCUT2D eigenvalue weighted by Gasteiger charge is 2.16. The molecule has 0 fully saturated rings. The predicted octanol–water partition coefficient (Wildman–Crippen LogP) is 1.35. The number of esters is 2. The molecular formula is C14H17NO5. The maximum absolute atomic E-state index is 11.1. The Bertz CT molecular complexity index is 512. The summed E-state index contributed by atoms with van der Waals surface area (Å²) in [5, 5.41) is 2.59.